The van der Waals surface area contributed by atoms with Crippen LogP contribution in [0.15, 0.2) is 42.5 Å². The molecule has 1 N–H and O–H groups in total. The molecule has 2 aromatic carbocycles. The zero-order chi connectivity index (χ0) is 13.8. The first kappa shape index (κ1) is 13.0. The zero-order valence-electron chi connectivity index (χ0n) is 12.0. The van der Waals surface area contributed by atoms with E-state index in [4.69, 9.17) is 4.74 Å². The van der Waals surface area contributed by atoms with E-state index in [0.29, 0.717) is 6.61 Å². The SMILES string of the molecule is CCOc1ccccc1Cc1ccc2c(c1)CCCN2. The Balaban J connectivity index is 1.84. The van der Waals surface area contributed by atoms with Crippen LogP contribution in [0, 0.1) is 0 Å². The maximum Gasteiger partial charge on any atom is 0.122 e. The molecule has 0 saturated carbocycles. The third-order valence-electron chi connectivity index (χ3n) is 3.78. The van der Waals surface area contributed by atoms with Gasteiger partial charge in [-0.05, 0) is 48.6 Å². The third kappa shape index (κ3) is 2.79. The second kappa shape index (κ2) is 6.00. The van der Waals surface area contributed by atoms with Gasteiger partial charge in [0.25, 0.3) is 0 Å². The summed E-state index contributed by atoms with van der Waals surface area (Å²) in [5, 5.41) is 3.46. The van der Waals surface area contributed by atoms with Crippen molar-refractivity contribution < 1.29 is 4.74 Å². The molecular formula is C18H21NO. The minimum atomic E-state index is 0.713. The van der Waals surface area contributed by atoms with Crippen LogP contribution in [0.5, 0.6) is 5.75 Å². The molecule has 2 nitrogen and oxygen atoms in total. The number of ether oxygens (including phenoxy) is 1. The second-order valence-corrected chi connectivity index (χ2v) is 5.24. The summed E-state index contributed by atoms with van der Waals surface area (Å²) in [5.74, 6) is 1.01. The summed E-state index contributed by atoms with van der Waals surface area (Å²) in [6, 6.07) is 15.1. The predicted molar refractivity (Wildman–Crippen MR) is 83.7 cm³/mol. The van der Waals surface area contributed by atoms with Crippen LogP contribution < -0.4 is 10.1 Å². The molecule has 1 aliphatic rings. The first-order valence-electron chi connectivity index (χ1n) is 7.43. The minimum absolute atomic E-state index is 0.713. The van der Waals surface area contributed by atoms with Crippen molar-refractivity contribution in [2.75, 3.05) is 18.5 Å². The fourth-order valence-corrected chi connectivity index (χ4v) is 2.80. The van der Waals surface area contributed by atoms with Gasteiger partial charge in [0.2, 0.25) is 0 Å². The van der Waals surface area contributed by atoms with Crippen LogP contribution in [0.4, 0.5) is 5.69 Å². The highest BCUT2D eigenvalue weighted by Crippen LogP contribution is 2.26. The number of hydrogen-bond acceptors (Lipinski definition) is 2. The highest BCUT2D eigenvalue weighted by atomic mass is 16.5. The van der Waals surface area contributed by atoms with Gasteiger partial charge in [0.15, 0.2) is 0 Å². The number of aryl methyl sites for hydroxylation is 1. The average Bonchev–Trinajstić information content (AvgIpc) is 2.49. The van der Waals surface area contributed by atoms with Crippen molar-refractivity contribution in [1.82, 2.24) is 0 Å². The quantitative estimate of drug-likeness (QED) is 0.903. The van der Waals surface area contributed by atoms with Crippen molar-refractivity contribution in [1.29, 1.82) is 0 Å². The number of benzene rings is 2. The molecule has 0 unspecified atom stereocenters. The highest BCUT2D eigenvalue weighted by Gasteiger charge is 2.10. The van der Waals surface area contributed by atoms with Gasteiger partial charge in [-0.2, -0.15) is 0 Å². The van der Waals surface area contributed by atoms with Gasteiger partial charge in [-0.1, -0.05) is 30.3 Å². The Morgan fingerprint density at radius 1 is 1.15 bits per heavy atom. The van der Waals surface area contributed by atoms with Crippen LogP contribution in [0.1, 0.15) is 30.0 Å². The van der Waals surface area contributed by atoms with Crippen molar-refractivity contribution >= 4 is 5.69 Å². The van der Waals surface area contributed by atoms with Gasteiger partial charge >= 0.3 is 0 Å². The molecular weight excluding hydrogens is 246 g/mol. The molecule has 0 aliphatic carbocycles. The highest BCUT2D eigenvalue weighted by molar-refractivity contribution is 5.55. The topological polar surface area (TPSA) is 21.3 Å². The van der Waals surface area contributed by atoms with E-state index in [9.17, 15) is 0 Å². The van der Waals surface area contributed by atoms with Crippen molar-refractivity contribution in [2.45, 2.75) is 26.2 Å². The zero-order valence-corrected chi connectivity index (χ0v) is 12.0. The Kier molecular flexibility index (Phi) is 3.91. The number of rotatable bonds is 4. The first-order valence-corrected chi connectivity index (χ1v) is 7.43. The second-order valence-electron chi connectivity index (χ2n) is 5.24. The first-order chi connectivity index (χ1) is 9.86. The van der Waals surface area contributed by atoms with Crippen LogP contribution >= 0.6 is 0 Å². The molecule has 0 aromatic heterocycles. The van der Waals surface area contributed by atoms with E-state index in [2.05, 4.69) is 41.7 Å². The van der Waals surface area contributed by atoms with Gasteiger partial charge in [0.1, 0.15) is 5.75 Å². The molecule has 0 atom stereocenters. The van der Waals surface area contributed by atoms with Crippen molar-refractivity contribution in [3.8, 4) is 5.75 Å². The molecule has 2 aromatic rings. The lowest BCUT2D eigenvalue weighted by atomic mass is 9.97. The Bertz CT molecular complexity index is 592. The Morgan fingerprint density at radius 2 is 2.05 bits per heavy atom. The fourth-order valence-electron chi connectivity index (χ4n) is 2.80. The van der Waals surface area contributed by atoms with Crippen LogP contribution in [0.2, 0.25) is 0 Å². The number of anilines is 1. The minimum Gasteiger partial charge on any atom is -0.494 e. The third-order valence-corrected chi connectivity index (χ3v) is 3.78. The fraction of sp³-hybridized carbons (Fsp3) is 0.333. The van der Waals surface area contributed by atoms with Gasteiger partial charge in [0, 0.05) is 18.7 Å². The summed E-state index contributed by atoms with van der Waals surface area (Å²) < 4.78 is 5.71. The molecule has 0 fully saturated rings. The van der Waals surface area contributed by atoms with Gasteiger partial charge in [-0.25, -0.2) is 0 Å². The van der Waals surface area contributed by atoms with Crippen LogP contribution in [-0.4, -0.2) is 13.2 Å². The number of para-hydroxylation sites is 1. The molecule has 0 spiro atoms. The van der Waals surface area contributed by atoms with E-state index >= 15 is 0 Å². The smallest absolute Gasteiger partial charge is 0.122 e. The number of nitrogens with one attached hydrogen (secondary N) is 1. The maximum absolute atomic E-state index is 5.71. The Hall–Kier alpha value is -1.96. The lowest BCUT2D eigenvalue weighted by Crippen LogP contribution is -2.11. The maximum atomic E-state index is 5.71. The summed E-state index contributed by atoms with van der Waals surface area (Å²) in [6.07, 6.45) is 3.35. The summed E-state index contributed by atoms with van der Waals surface area (Å²) in [4.78, 5) is 0. The van der Waals surface area contributed by atoms with Crippen molar-refractivity contribution in [3.63, 3.8) is 0 Å². The van der Waals surface area contributed by atoms with Crippen molar-refractivity contribution in [2.24, 2.45) is 0 Å². The van der Waals surface area contributed by atoms with Gasteiger partial charge in [-0.15, -0.1) is 0 Å². The van der Waals surface area contributed by atoms with Crippen LogP contribution in [0.3, 0.4) is 0 Å². The molecule has 0 amide bonds. The molecule has 0 radical (unpaired) electrons. The predicted octanol–water partition coefficient (Wildman–Crippen LogP) is 4.03. The molecule has 0 bridgehead atoms. The van der Waals surface area contributed by atoms with E-state index in [-0.39, 0.29) is 0 Å². The van der Waals surface area contributed by atoms with Crippen molar-refractivity contribution in [3.05, 3.63) is 59.2 Å². The van der Waals surface area contributed by atoms with Crippen LogP contribution in [0.25, 0.3) is 0 Å². The Labute approximate surface area is 120 Å². The van der Waals surface area contributed by atoms with E-state index < -0.39 is 0 Å². The molecule has 1 aliphatic heterocycles. The largest absolute Gasteiger partial charge is 0.494 e. The molecule has 1 heterocycles. The molecule has 3 rings (SSSR count). The standard InChI is InChI=1S/C18H21NO/c1-2-20-18-8-4-3-6-16(18)13-14-9-10-17-15(12-14)7-5-11-19-17/h3-4,6,8-10,12,19H,2,5,7,11,13H2,1H3. The van der Waals surface area contributed by atoms with E-state index in [1.165, 1.54) is 35.2 Å². The molecule has 0 saturated heterocycles. The Morgan fingerprint density at radius 3 is 2.95 bits per heavy atom. The summed E-state index contributed by atoms with van der Waals surface area (Å²) in [7, 11) is 0. The number of hydrogen-bond donors (Lipinski definition) is 1. The molecule has 20 heavy (non-hydrogen) atoms. The van der Waals surface area contributed by atoms with E-state index in [1.807, 2.05) is 13.0 Å². The summed E-state index contributed by atoms with van der Waals surface area (Å²) >= 11 is 0. The normalized spacial score (nSPS) is 13.4. The summed E-state index contributed by atoms with van der Waals surface area (Å²) in [5.41, 5.74) is 5.37. The lowest BCUT2D eigenvalue weighted by molar-refractivity contribution is 0.337. The van der Waals surface area contributed by atoms with Gasteiger partial charge in [-0.3, -0.25) is 0 Å². The van der Waals surface area contributed by atoms with Gasteiger partial charge < -0.3 is 10.1 Å². The lowest BCUT2D eigenvalue weighted by Gasteiger charge is -2.19. The van der Waals surface area contributed by atoms with Gasteiger partial charge in [0.05, 0.1) is 6.61 Å². The average molecular weight is 267 g/mol. The molecule has 104 valence electrons. The van der Waals surface area contributed by atoms with E-state index in [0.717, 1.165) is 18.7 Å². The monoisotopic (exact) mass is 267 g/mol. The molecule has 2 heteroatoms. The van der Waals surface area contributed by atoms with Crippen LogP contribution in [-0.2, 0) is 12.8 Å². The summed E-state index contributed by atoms with van der Waals surface area (Å²) in [6.45, 7) is 3.84. The van der Waals surface area contributed by atoms with E-state index in [1.54, 1.807) is 0 Å². The number of fused-ring (bicyclic) bond motifs is 1.